The van der Waals surface area contributed by atoms with Crippen molar-refractivity contribution in [1.29, 1.82) is 0 Å². The van der Waals surface area contributed by atoms with Gasteiger partial charge in [0.2, 0.25) is 0 Å². The third-order valence-corrected chi connectivity index (χ3v) is 4.79. The lowest BCUT2D eigenvalue weighted by molar-refractivity contribution is -0.137. The first kappa shape index (κ1) is 19.0. The number of nitrogens with one attached hydrogen (secondary N) is 1. The maximum atomic E-state index is 12.9. The van der Waals surface area contributed by atoms with Crippen LogP contribution in [0.15, 0.2) is 42.5 Å². The smallest absolute Gasteiger partial charge is 0.337 e. The van der Waals surface area contributed by atoms with Crippen LogP contribution < -0.4 is 5.32 Å². The Labute approximate surface area is 155 Å². The Morgan fingerprint density at radius 1 is 1.07 bits per heavy atom. The number of aromatic nitrogens is 1. The Morgan fingerprint density at radius 2 is 1.74 bits per heavy atom. The van der Waals surface area contributed by atoms with Gasteiger partial charge in [-0.3, -0.25) is 4.79 Å². The highest BCUT2D eigenvalue weighted by molar-refractivity contribution is 6.08. The number of hydrogen-bond donors (Lipinski definition) is 1. The molecule has 3 rings (SSSR count). The van der Waals surface area contributed by atoms with Crippen LogP contribution in [0.5, 0.6) is 0 Å². The van der Waals surface area contributed by atoms with Gasteiger partial charge < -0.3 is 9.88 Å². The number of anilines is 1. The van der Waals surface area contributed by atoms with E-state index in [-0.39, 0.29) is 5.91 Å². The molecule has 0 aliphatic rings. The molecule has 0 aliphatic carbocycles. The lowest BCUT2D eigenvalue weighted by Gasteiger charge is -2.11. The maximum absolute atomic E-state index is 12.9. The normalized spacial score (nSPS) is 11.8. The van der Waals surface area contributed by atoms with Crippen molar-refractivity contribution in [3.05, 3.63) is 64.8 Å². The van der Waals surface area contributed by atoms with Crippen molar-refractivity contribution in [2.45, 2.75) is 39.9 Å². The highest BCUT2D eigenvalue weighted by Gasteiger charge is 2.30. The summed E-state index contributed by atoms with van der Waals surface area (Å²) in [6, 6.07) is 10.6. The number of carbonyl (C=O) groups excluding carboxylic acids is 1. The van der Waals surface area contributed by atoms with Crippen molar-refractivity contribution in [1.82, 2.24) is 4.57 Å². The number of amides is 1. The van der Waals surface area contributed by atoms with E-state index in [0.29, 0.717) is 17.9 Å². The molecule has 0 saturated carbocycles. The van der Waals surface area contributed by atoms with Gasteiger partial charge in [-0.05, 0) is 67.8 Å². The Bertz CT molecular complexity index is 985. The standard InChI is InChI=1S/C21H21F3N2O/c1-4-14-6-11-18-17(12-14)13(3)19(26(18)5-2)20(27)25-16-9-7-15(8-10-16)21(22,23)24/h6-12H,4-5H2,1-3H3,(H,25,27). The van der Waals surface area contributed by atoms with Gasteiger partial charge in [0.15, 0.2) is 0 Å². The first-order chi connectivity index (χ1) is 12.8. The number of halogens is 3. The SMILES string of the molecule is CCc1ccc2c(c1)c(C)c(C(=O)Nc1ccc(C(F)(F)F)cc1)n2CC. The fourth-order valence-corrected chi connectivity index (χ4v) is 3.34. The summed E-state index contributed by atoms with van der Waals surface area (Å²) in [5, 5.41) is 3.74. The number of benzene rings is 2. The molecule has 2 aromatic carbocycles. The summed E-state index contributed by atoms with van der Waals surface area (Å²) in [6.45, 7) is 6.55. The van der Waals surface area contributed by atoms with E-state index >= 15 is 0 Å². The molecule has 1 aromatic heterocycles. The Balaban J connectivity index is 1.97. The minimum Gasteiger partial charge on any atom is -0.337 e. The van der Waals surface area contributed by atoms with Gasteiger partial charge in [-0.25, -0.2) is 0 Å². The minimum absolute atomic E-state index is 0.328. The molecule has 0 radical (unpaired) electrons. The van der Waals surface area contributed by atoms with Crippen LogP contribution >= 0.6 is 0 Å². The van der Waals surface area contributed by atoms with Crippen molar-refractivity contribution in [2.24, 2.45) is 0 Å². The van der Waals surface area contributed by atoms with Gasteiger partial charge in [0, 0.05) is 23.1 Å². The zero-order valence-corrected chi connectivity index (χ0v) is 15.4. The van der Waals surface area contributed by atoms with Crippen molar-refractivity contribution in [3.63, 3.8) is 0 Å². The molecule has 1 N–H and O–H groups in total. The highest BCUT2D eigenvalue weighted by atomic mass is 19.4. The number of nitrogens with zero attached hydrogens (tertiary/aromatic N) is 1. The first-order valence-electron chi connectivity index (χ1n) is 8.86. The van der Waals surface area contributed by atoms with Gasteiger partial charge in [0.1, 0.15) is 5.69 Å². The van der Waals surface area contributed by atoms with Gasteiger partial charge in [-0.1, -0.05) is 13.0 Å². The largest absolute Gasteiger partial charge is 0.416 e. The summed E-state index contributed by atoms with van der Waals surface area (Å²) in [7, 11) is 0. The van der Waals surface area contributed by atoms with Crippen LogP contribution in [0.2, 0.25) is 0 Å². The van der Waals surface area contributed by atoms with Gasteiger partial charge in [-0.2, -0.15) is 13.2 Å². The van der Waals surface area contributed by atoms with E-state index in [9.17, 15) is 18.0 Å². The minimum atomic E-state index is -4.40. The molecular formula is C21H21F3N2O. The van der Waals surface area contributed by atoms with E-state index in [2.05, 4.69) is 18.3 Å². The second-order valence-corrected chi connectivity index (χ2v) is 6.45. The van der Waals surface area contributed by atoms with Crippen molar-refractivity contribution in [3.8, 4) is 0 Å². The summed E-state index contributed by atoms with van der Waals surface area (Å²) in [5.74, 6) is -0.330. The zero-order valence-electron chi connectivity index (χ0n) is 15.4. The lowest BCUT2D eigenvalue weighted by atomic mass is 10.1. The van der Waals surface area contributed by atoms with Crippen molar-refractivity contribution in [2.75, 3.05) is 5.32 Å². The molecule has 0 aliphatic heterocycles. The molecule has 3 aromatic rings. The highest BCUT2D eigenvalue weighted by Crippen LogP contribution is 2.31. The molecule has 0 fully saturated rings. The molecule has 0 spiro atoms. The summed E-state index contributed by atoms with van der Waals surface area (Å²) in [6.07, 6.45) is -3.50. The predicted molar refractivity (Wildman–Crippen MR) is 101 cm³/mol. The first-order valence-corrected chi connectivity index (χ1v) is 8.86. The van der Waals surface area contributed by atoms with E-state index < -0.39 is 11.7 Å². The van der Waals surface area contributed by atoms with E-state index in [1.54, 1.807) is 0 Å². The summed E-state index contributed by atoms with van der Waals surface area (Å²) < 4.78 is 40.0. The van der Waals surface area contributed by atoms with Crippen LogP contribution in [0.3, 0.4) is 0 Å². The third-order valence-electron chi connectivity index (χ3n) is 4.79. The van der Waals surface area contributed by atoms with Crippen molar-refractivity contribution >= 4 is 22.5 Å². The fourth-order valence-electron chi connectivity index (χ4n) is 3.34. The van der Waals surface area contributed by atoms with Crippen LogP contribution in [0, 0.1) is 6.92 Å². The van der Waals surface area contributed by atoms with Gasteiger partial charge in [0.05, 0.1) is 5.56 Å². The molecule has 142 valence electrons. The average molecular weight is 374 g/mol. The summed E-state index contributed by atoms with van der Waals surface area (Å²) >= 11 is 0. The lowest BCUT2D eigenvalue weighted by Crippen LogP contribution is -2.18. The second-order valence-electron chi connectivity index (χ2n) is 6.45. The Kier molecular flexibility index (Phi) is 5.00. The van der Waals surface area contributed by atoms with Gasteiger partial charge >= 0.3 is 6.18 Å². The zero-order chi connectivity index (χ0) is 19.8. The summed E-state index contributed by atoms with van der Waals surface area (Å²) in [4.78, 5) is 12.9. The molecule has 0 unspecified atom stereocenters. The van der Waals surface area contributed by atoms with Crippen LogP contribution in [-0.2, 0) is 19.1 Å². The fraction of sp³-hybridized carbons (Fsp3) is 0.286. The maximum Gasteiger partial charge on any atom is 0.416 e. The van der Waals surface area contributed by atoms with Gasteiger partial charge in [-0.15, -0.1) is 0 Å². The molecule has 27 heavy (non-hydrogen) atoms. The van der Waals surface area contributed by atoms with E-state index in [0.717, 1.165) is 35.0 Å². The molecule has 0 saturated heterocycles. The van der Waals surface area contributed by atoms with E-state index in [4.69, 9.17) is 0 Å². The summed E-state index contributed by atoms with van der Waals surface area (Å²) in [5.41, 5.74) is 3.14. The predicted octanol–water partition coefficient (Wildman–Crippen LogP) is 5.80. The molecular weight excluding hydrogens is 353 g/mol. The second kappa shape index (κ2) is 7.10. The molecule has 3 nitrogen and oxygen atoms in total. The Hall–Kier alpha value is -2.76. The number of aryl methyl sites for hydroxylation is 3. The molecule has 1 heterocycles. The number of alkyl halides is 3. The molecule has 0 bridgehead atoms. The van der Waals surface area contributed by atoms with Gasteiger partial charge in [0.25, 0.3) is 5.91 Å². The molecule has 0 atom stereocenters. The third kappa shape index (κ3) is 3.56. The number of fused-ring (bicyclic) bond motifs is 1. The van der Waals surface area contributed by atoms with Crippen LogP contribution in [0.1, 0.15) is 41.0 Å². The molecule has 6 heteroatoms. The van der Waals surface area contributed by atoms with E-state index in [1.807, 2.05) is 30.5 Å². The van der Waals surface area contributed by atoms with Crippen LogP contribution in [-0.4, -0.2) is 10.5 Å². The quantitative estimate of drug-likeness (QED) is 0.615. The van der Waals surface area contributed by atoms with Crippen LogP contribution in [0.25, 0.3) is 10.9 Å². The number of hydrogen-bond acceptors (Lipinski definition) is 1. The monoisotopic (exact) mass is 374 g/mol. The van der Waals surface area contributed by atoms with Crippen LogP contribution in [0.4, 0.5) is 18.9 Å². The molecule has 1 amide bonds. The number of rotatable bonds is 4. The van der Waals surface area contributed by atoms with E-state index in [1.165, 1.54) is 17.7 Å². The topological polar surface area (TPSA) is 34.0 Å². The average Bonchev–Trinajstić information content (AvgIpc) is 2.92. The number of carbonyl (C=O) groups is 1. The van der Waals surface area contributed by atoms with Crippen molar-refractivity contribution < 1.29 is 18.0 Å². The Morgan fingerprint density at radius 3 is 2.30 bits per heavy atom.